The molecule has 92 valence electrons. The van der Waals surface area contributed by atoms with Crippen molar-refractivity contribution in [3.05, 3.63) is 30.3 Å². The molecular formula is C14H20N2O. The fraction of sp³-hybridized carbons (Fsp3) is 0.500. The van der Waals surface area contributed by atoms with Gasteiger partial charge in [-0.3, -0.25) is 4.79 Å². The Hall–Kier alpha value is -1.35. The highest BCUT2D eigenvalue weighted by Gasteiger charge is 2.27. The van der Waals surface area contributed by atoms with E-state index in [9.17, 15) is 4.79 Å². The van der Waals surface area contributed by atoms with E-state index in [1.165, 1.54) is 0 Å². The molecule has 0 bridgehead atoms. The number of rotatable bonds is 3. The molecule has 0 heterocycles. The summed E-state index contributed by atoms with van der Waals surface area (Å²) >= 11 is 0. The molecule has 1 saturated carbocycles. The average Bonchev–Trinajstić information content (AvgIpc) is 2.75. The molecule has 0 aliphatic heterocycles. The lowest BCUT2D eigenvalue weighted by molar-refractivity contribution is -0.119. The molecule has 1 aliphatic carbocycles. The zero-order chi connectivity index (χ0) is 12.3. The highest BCUT2D eigenvalue weighted by atomic mass is 16.2. The molecule has 0 radical (unpaired) electrons. The molecule has 17 heavy (non-hydrogen) atoms. The summed E-state index contributed by atoms with van der Waals surface area (Å²) in [5.74, 6) is 0.534. The van der Waals surface area contributed by atoms with Crippen molar-refractivity contribution in [2.45, 2.75) is 31.7 Å². The summed E-state index contributed by atoms with van der Waals surface area (Å²) in [6.07, 6.45) is 3.89. The predicted octanol–water partition coefficient (Wildman–Crippen LogP) is 2.17. The first-order chi connectivity index (χ1) is 8.18. The lowest BCUT2D eigenvalue weighted by atomic mass is 9.99. The second-order valence-electron chi connectivity index (χ2n) is 4.85. The van der Waals surface area contributed by atoms with Gasteiger partial charge < -0.3 is 10.6 Å². The van der Waals surface area contributed by atoms with Crippen LogP contribution in [0.1, 0.15) is 25.7 Å². The topological polar surface area (TPSA) is 46.3 Å². The lowest BCUT2D eigenvalue weighted by Crippen LogP contribution is -2.32. The van der Waals surface area contributed by atoms with Gasteiger partial charge in [-0.15, -0.1) is 0 Å². The summed E-state index contributed by atoms with van der Waals surface area (Å²) in [6, 6.07) is 9.96. The number of carbonyl (C=O) groups is 1. The van der Waals surface area contributed by atoms with Crippen LogP contribution in [0.4, 0.5) is 5.69 Å². The molecule has 2 rings (SSSR count). The van der Waals surface area contributed by atoms with E-state index in [1.807, 2.05) is 37.4 Å². The van der Waals surface area contributed by atoms with Gasteiger partial charge in [-0.1, -0.05) is 24.6 Å². The third-order valence-corrected chi connectivity index (χ3v) is 3.67. The normalized spacial score (nSPS) is 23.6. The van der Waals surface area contributed by atoms with E-state index in [0.29, 0.717) is 12.3 Å². The standard InChI is InChI=1S/C14H20N2O/c1-16(12-7-3-2-4-8-12)14(17)10-11-6-5-9-13(11)15/h2-4,7-8,11,13H,5-6,9-10,15H2,1H3/t11-,13+/m0/s1. The number of hydrogen-bond donors (Lipinski definition) is 1. The molecule has 1 aromatic carbocycles. The predicted molar refractivity (Wildman–Crippen MR) is 69.8 cm³/mol. The molecule has 3 heteroatoms. The Kier molecular flexibility index (Phi) is 3.79. The first kappa shape index (κ1) is 12.1. The van der Waals surface area contributed by atoms with Crippen LogP contribution in [0.25, 0.3) is 0 Å². The van der Waals surface area contributed by atoms with Crippen molar-refractivity contribution >= 4 is 11.6 Å². The Bertz CT molecular complexity index is 377. The maximum Gasteiger partial charge on any atom is 0.227 e. The zero-order valence-corrected chi connectivity index (χ0v) is 10.3. The second kappa shape index (κ2) is 5.32. The number of anilines is 1. The zero-order valence-electron chi connectivity index (χ0n) is 10.3. The van der Waals surface area contributed by atoms with Crippen molar-refractivity contribution in [1.82, 2.24) is 0 Å². The molecule has 1 aromatic rings. The number of para-hydroxylation sites is 1. The molecule has 1 fully saturated rings. The first-order valence-corrected chi connectivity index (χ1v) is 6.25. The summed E-state index contributed by atoms with van der Waals surface area (Å²) in [5.41, 5.74) is 6.94. The van der Waals surface area contributed by atoms with Gasteiger partial charge in [-0.05, 0) is 30.9 Å². The van der Waals surface area contributed by atoms with E-state index in [-0.39, 0.29) is 11.9 Å². The minimum Gasteiger partial charge on any atom is -0.327 e. The van der Waals surface area contributed by atoms with Crippen LogP contribution in [-0.2, 0) is 4.79 Å². The number of carbonyl (C=O) groups excluding carboxylic acids is 1. The molecule has 3 nitrogen and oxygen atoms in total. The Balaban J connectivity index is 1.96. The maximum atomic E-state index is 12.1. The van der Waals surface area contributed by atoms with E-state index >= 15 is 0 Å². The number of hydrogen-bond acceptors (Lipinski definition) is 2. The third kappa shape index (κ3) is 2.86. The maximum absolute atomic E-state index is 12.1. The molecule has 0 unspecified atom stereocenters. The minimum absolute atomic E-state index is 0.165. The van der Waals surface area contributed by atoms with Gasteiger partial charge in [-0.25, -0.2) is 0 Å². The van der Waals surface area contributed by atoms with Gasteiger partial charge in [0.1, 0.15) is 0 Å². The monoisotopic (exact) mass is 232 g/mol. The highest BCUT2D eigenvalue weighted by molar-refractivity contribution is 5.92. The van der Waals surface area contributed by atoms with Crippen LogP contribution in [0.3, 0.4) is 0 Å². The highest BCUT2D eigenvalue weighted by Crippen LogP contribution is 2.27. The molecule has 2 atom stereocenters. The summed E-state index contributed by atoms with van der Waals surface area (Å²) in [5, 5.41) is 0. The smallest absolute Gasteiger partial charge is 0.227 e. The minimum atomic E-state index is 0.165. The summed E-state index contributed by atoms with van der Waals surface area (Å²) < 4.78 is 0. The van der Waals surface area contributed by atoms with Crippen LogP contribution in [0.5, 0.6) is 0 Å². The Morgan fingerprint density at radius 2 is 2.06 bits per heavy atom. The quantitative estimate of drug-likeness (QED) is 0.868. The molecule has 0 aromatic heterocycles. The van der Waals surface area contributed by atoms with Gasteiger partial charge in [0.05, 0.1) is 0 Å². The largest absolute Gasteiger partial charge is 0.327 e. The first-order valence-electron chi connectivity index (χ1n) is 6.25. The number of benzene rings is 1. The molecular weight excluding hydrogens is 212 g/mol. The number of amides is 1. The molecule has 0 spiro atoms. The lowest BCUT2D eigenvalue weighted by Gasteiger charge is -2.21. The SMILES string of the molecule is CN(C(=O)C[C@@H]1CCC[C@H]1N)c1ccccc1. The van der Waals surface area contributed by atoms with Crippen LogP contribution in [0.15, 0.2) is 30.3 Å². The van der Waals surface area contributed by atoms with E-state index in [0.717, 1.165) is 24.9 Å². The summed E-state index contributed by atoms with van der Waals surface area (Å²) in [6.45, 7) is 0. The van der Waals surface area contributed by atoms with E-state index in [2.05, 4.69) is 0 Å². The van der Waals surface area contributed by atoms with Crippen molar-refractivity contribution in [3.63, 3.8) is 0 Å². The van der Waals surface area contributed by atoms with Crippen LogP contribution < -0.4 is 10.6 Å². The fourth-order valence-corrected chi connectivity index (χ4v) is 2.48. The van der Waals surface area contributed by atoms with Gasteiger partial charge in [-0.2, -0.15) is 0 Å². The van der Waals surface area contributed by atoms with Crippen LogP contribution in [0, 0.1) is 5.92 Å². The molecule has 1 aliphatic rings. The summed E-state index contributed by atoms with van der Waals surface area (Å²) in [4.78, 5) is 13.8. The fourth-order valence-electron chi connectivity index (χ4n) is 2.48. The van der Waals surface area contributed by atoms with Crippen LogP contribution >= 0.6 is 0 Å². The summed E-state index contributed by atoms with van der Waals surface area (Å²) in [7, 11) is 1.83. The van der Waals surface area contributed by atoms with Gasteiger partial charge in [0.25, 0.3) is 0 Å². The van der Waals surface area contributed by atoms with E-state index < -0.39 is 0 Å². The van der Waals surface area contributed by atoms with Crippen LogP contribution in [0.2, 0.25) is 0 Å². The van der Waals surface area contributed by atoms with Gasteiger partial charge in [0.2, 0.25) is 5.91 Å². The van der Waals surface area contributed by atoms with Crippen molar-refractivity contribution in [2.24, 2.45) is 11.7 Å². The Morgan fingerprint density at radius 1 is 1.35 bits per heavy atom. The van der Waals surface area contributed by atoms with Gasteiger partial charge >= 0.3 is 0 Å². The van der Waals surface area contributed by atoms with Crippen molar-refractivity contribution in [1.29, 1.82) is 0 Å². The number of nitrogens with two attached hydrogens (primary N) is 1. The Labute approximate surface area is 103 Å². The molecule has 2 N–H and O–H groups in total. The molecule has 0 saturated heterocycles. The van der Waals surface area contributed by atoms with Gasteiger partial charge in [0.15, 0.2) is 0 Å². The van der Waals surface area contributed by atoms with E-state index in [1.54, 1.807) is 4.90 Å². The van der Waals surface area contributed by atoms with Crippen molar-refractivity contribution in [3.8, 4) is 0 Å². The number of nitrogens with zero attached hydrogens (tertiary/aromatic N) is 1. The van der Waals surface area contributed by atoms with Gasteiger partial charge in [0, 0.05) is 25.2 Å². The average molecular weight is 232 g/mol. The van der Waals surface area contributed by atoms with E-state index in [4.69, 9.17) is 5.73 Å². The van der Waals surface area contributed by atoms with Crippen molar-refractivity contribution in [2.75, 3.05) is 11.9 Å². The van der Waals surface area contributed by atoms with Crippen LogP contribution in [-0.4, -0.2) is 19.0 Å². The molecule has 1 amide bonds. The van der Waals surface area contributed by atoms with Crippen molar-refractivity contribution < 1.29 is 4.79 Å². The third-order valence-electron chi connectivity index (χ3n) is 3.67. The Morgan fingerprint density at radius 3 is 2.65 bits per heavy atom. The second-order valence-corrected chi connectivity index (χ2v) is 4.85.